The second kappa shape index (κ2) is 8.16. The third-order valence-corrected chi connectivity index (χ3v) is 3.09. The Balaban J connectivity index is 2.94. The van der Waals surface area contributed by atoms with Crippen molar-refractivity contribution in [2.75, 3.05) is 0 Å². The number of carbonyl (C=O) groups is 2. The molecule has 2 amide bonds. The Bertz CT molecular complexity index is 657. The van der Waals surface area contributed by atoms with Crippen LogP contribution < -0.4 is 10.6 Å². The molecule has 0 aliphatic heterocycles. The van der Waals surface area contributed by atoms with Gasteiger partial charge in [-0.1, -0.05) is 12.1 Å². The summed E-state index contributed by atoms with van der Waals surface area (Å²) >= 11 is 0. The summed E-state index contributed by atoms with van der Waals surface area (Å²) in [5, 5.41) is 16.1. The molecule has 1 rings (SSSR count). The monoisotopic (exact) mass is 365 g/mol. The summed E-state index contributed by atoms with van der Waals surface area (Å²) in [4.78, 5) is 34.9. The molecule has 0 radical (unpaired) electrons. The number of ether oxygens (including phenoxy) is 1. The highest BCUT2D eigenvalue weighted by molar-refractivity contribution is 5.86. The standard InChI is InChI=1S/C18H27N3O5/c1-17(2,3)20-15(22)14(19-16(23)26-18(4,5)6)11-12-7-9-13(10-8-12)21(24)25/h7-10,14H,11H2,1-6H3,(H,19,23)(H,20,22)/t14-/m0/s1. The first-order valence-electron chi connectivity index (χ1n) is 8.32. The van der Waals surface area contributed by atoms with E-state index in [1.165, 1.54) is 12.1 Å². The molecule has 2 N–H and O–H groups in total. The van der Waals surface area contributed by atoms with Crippen molar-refractivity contribution < 1.29 is 19.2 Å². The Morgan fingerprint density at radius 3 is 2.08 bits per heavy atom. The third kappa shape index (κ3) is 7.96. The highest BCUT2D eigenvalue weighted by atomic mass is 16.6. The molecular formula is C18H27N3O5. The molecule has 0 spiro atoms. The molecule has 0 bridgehead atoms. The van der Waals surface area contributed by atoms with Crippen molar-refractivity contribution in [2.45, 2.75) is 65.1 Å². The summed E-state index contributed by atoms with van der Waals surface area (Å²) in [7, 11) is 0. The highest BCUT2D eigenvalue weighted by Crippen LogP contribution is 2.14. The van der Waals surface area contributed by atoms with E-state index in [1.807, 2.05) is 20.8 Å². The van der Waals surface area contributed by atoms with Gasteiger partial charge in [0.1, 0.15) is 11.6 Å². The van der Waals surface area contributed by atoms with Crippen molar-refractivity contribution in [3.63, 3.8) is 0 Å². The second-order valence-electron chi connectivity index (χ2n) is 8.07. The number of rotatable bonds is 5. The van der Waals surface area contributed by atoms with E-state index in [4.69, 9.17) is 4.74 Å². The predicted octanol–water partition coefficient (Wildman–Crippen LogP) is 2.95. The van der Waals surface area contributed by atoms with Crippen LogP contribution in [0, 0.1) is 10.1 Å². The zero-order valence-electron chi connectivity index (χ0n) is 16.1. The van der Waals surface area contributed by atoms with E-state index >= 15 is 0 Å². The summed E-state index contributed by atoms with van der Waals surface area (Å²) in [5.74, 6) is -0.360. The molecule has 0 unspecified atom stereocenters. The van der Waals surface area contributed by atoms with Gasteiger partial charge >= 0.3 is 6.09 Å². The number of benzene rings is 1. The lowest BCUT2D eigenvalue weighted by molar-refractivity contribution is -0.384. The van der Waals surface area contributed by atoms with Crippen LogP contribution in [0.1, 0.15) is 47.1 Å². The topological polar surface area (TPSA) is 111 Å². The minimum atomic E-state index is -0.870. The number of hydrogen-bond donors (Lipinski definition) is 2. The van der Waals surface area contributed by atoms with Crippen molar-refractivity contribution in [1.82, 2.24) is 10.6 Å². The van der Waals surface area contributed by atoms with Crippen LogP contribution in [0.2, 0.25) is 0 Å². The molecule has 0 aromatic heterocycles. The molecule has 1 aromatic rings. The lowest BCUT2D eigenvalue weighted by atomic mass is 10.0. The number of non-ortho nitro benzene ring substituents is 1. The van der Waals surface area contributed by atoms with E-state index in [-0.39, 0.29) is 18.0 Å². The summed E-state index contributed by atoms with van der Waals surface area (Å²) < 4.78 is 5.22. The van der Waals surface area contributed by atoms with E-state index in [0.717, 1.165) is 0 Å². The van der Waals surface area contributed by atoms with Gasteiger partial charge in [0, 0.05) is 24.1 Å². The summed E-state index contributed by atoms with van der Waals surface area (Å²) in [6.07, 6.45) is -0.521. The van der Waals surface area contributed by atoms with Gasteiger partial charge in [-0.05, 0) is 47.1 Å². The minimum absolute atomic E-state index is 0.0375. The summed E-state index contributed by atoms with van der Waals surface area (Å²) in [6.45, 7) is 10.7. The van der Waals surface area contributed by atoms with Crippen molar-refractivity contribution in [2.24, 2.45) is 0 Å². The molecule has 0 aliphatic carbocycles. The summed E-state index contributed by atoms with van der Waals surface area (Å²) in [6, 6.07) is 4.98. The number of amides is 2. The normalized spacial score (nSPS) is 12.8. The second-order valence-corrected chi connectivity index (χ2v) is 8.07. The molecule has 1 atom stereocenters. The van der Waals surface area contributed by atoms with Gasteiger partial charge in [0.15, 0.2) is 0 Å². The average molecular weight is 365 g/mol. The number of carbonyl (C=O) groups excluding carboxylic acids is 2. The Kier molecular flexibility index (Phi) is 6.72. The summed E-state index contributed by atoms with van der Waals surface area (Å²) in [5.41, 5.74) is -0.520. The van der Waals surface area contributed by atoms with Crippen LogP contribution in [-0.4, -0.2) is 34.1 Å². The first-order valence-corrected chi connectivity index (χ1v) is 8.32. The van der Waals surface area contributed by atoms with Gasteiger partial charge in [0.05, 0.1) is 4.92 Å². The quantitative estimate of drug-likeness (QED) is 0.616. The van der Waals surface area contributed by atoms with Crippen LogP contribution in [0.4, 0.5) is 10.5 Å². The molecule has 0 heterocycles. The smallest absolute Gasteiger partial charge is 0.408 e. The molecule has 0 aliphatic rings. The molecule has 0 saturated heterocycles. The van der Waals surface area contributed by atoms with Gasteiger partial charge in [-0.3, -0.25) is 14.9 Å². The van der Waals surface area contributed by atoms with Crippen molar-refractivity contribution in [3.8, 4) is 0 Å². The fourth-order valence-corrected chi connectivity index (χ4v) is 2.11. The van der Waals surface area contributed by atoms with Crippen LogP contribution in [0.15, 0.2) is 24.3 Å². The van der Waals surface area contributed by atoms with E-state index in [9.17, 15) is 19.7 Å². The third-order valence-electron chi connectivity index (χ3n) is 3.09. The van der Waals surface area contributed by atoms with Crippen molar-refractivity contribution >= 4 is 17.7 Å². The van der Waals surface area contributed by atoms with Crippen LogP contribution >= 0.6 is 0 Å². The predicted molar refractivity (Wildman–Crippen MR) is 97.9 cm³/mol. The van der Waals surface area contributed by atoms with Gasteiger partial charge < -0.3 is 15.4 Å². The van der Waals surface area contributed by atoms with Gasteiger partial charge in [-0.25, -0.2) is 4.79 Å². The van der Waals surface area contributed by atoms with E-state index in [2.05, 4.69) is 10.6 Å². The fraction of sp³-hybridized carbons (Fsp3) is 0.556. The maximum Gasteiger partial charge on any atom is 0.408 e. The van der Waals surface area contributed by atoms with Gasteiger partial charge in [0.2, 0.25) is 5.91 Å². The zero-order valence-corrected chi connectivity index (χ0v) is 16.1. The fourth-order valence-electron chi connectivity index (χ4n) is 2.11. The molecule has 26 heavy (non-hydrogen) atoms. The highest BCUT2D eigenvalue weighted by Gasteiger charge is 2.27. The maximum absolute atomic E-state index is 12.5. The lowest BCUT2D eigenvalue weighted by Gasteiger charge is -2.27. The van der Waals surface area contributed by atoms with E-state index in [1.54, 1.807) is 32.9 Å². The SMILES string of the molecule is CC(C)(C)NC(=O)[C@H](Cc1ccc([N+](=O)[O-])cc1)NC(=O)OC(C)(C)C. The lowest BCUT2D eigenvalue weighted by Crippen LogP contribution is -2.53. The van der Waals surface area contributed by atoms with Crippen LogP contribution in [0.3, 0.4) is 0 Å². The first-order chi connectivity index (χ1) is 11.8. The molecule has 1 aromatic carbocycles. The first kappa shape index (κ1) is 21.4. The molecular weight excluding hydrogens is 338 g/mol. The Hall–Kier alpha value is -2.64. The Labute approximate surface area is 153 Å². The minimum Gasteiger partial charge on any atom is -0.444 e. The van der Waals surface area contributed by atoms with Crippen LogP contribution in [0.5, 0.6) is 0 Å². The van der Waals surface area contributed by atoms with Crippen LogP contribution in [-0.2, 0) is 16.0 Å². The molecule has 144 valence electrons. The number of alkyl carbamates (subject to hydrolysis) is 1. The number of hydrogen-bond acceptors (Lipinski definition) is 5. The molecule has 8 heteroatoms. The largest absolute Gasteiger partial charge is 0.444 e. The van der Waals surface area contributed by atoms with E-state index < -0.39 is 28.2 Å². The van der Waals surface area contributed by atoms with Gasteiger partial charge in [0.25, 0.3) is 5.69 Å². The molecule has 0 saturated carbocycles. The van der Waals surface area contributed by atoms with Crippen LogP contribution in [0.25, 0.3) is 0 Å². The average Bonchev–Trinajstić information content (AvgIpc) is 2.43. The number of nitro benzene ring substituents is 1. The molecule has 8 nitrogen and oxygen atoms in total. The Morgan fingerprint density at radius 2 is 1.65 bits per heavy atom. The van der Waals surface area contributed by atoms with Gasteiger partial charge in [-0.2, -0.15) is 0 Å². The van der Waals surface area contributed by atoms with E-state index in [0.29, 0.717) is 5.56 Å². The van der Waals surface area contributed by atoms with Gasteiger partial charge in [-0.15, -0.1) is 0 Å². The number of nitrogens with one attached hydrogen (secondary N) is 2. The van der Waals surface area contributed by atoms with Crippen molar-refractivity contribution in [3.05, 3.63) is 39.9 Å². The maximum atomic E-state index is 12.5. The number of nitro groups is 1. The number of nitrogens with zero attached hydrogens (tertiary/aromatic N) is 1. The zero-order chi connectivity index (χ0) is 20.1. The van der Waals surface area contributed by atoms with Crippen molar-refractivity contribution in [1.29, 1.82) is 0 Å². The Morgan fingerprint density at radius 1 is 1.12 bits per heavy atom. The molecule has 0 fully saturated rings.